The zero-order chi connectivity index (χ0) is 10.7. The van der Waals surface area contributed by atoms with Crippen molar-refractivity contribution in [3.63, 3.8) is 0 Å². The summed E-state index contributed by atoms with van der Waals surface area (Å²) in [6.45, 7) is 2.62. The Morgan fingerprint density at radius 1 is 1.00 bits per heavy atom. The van der Waals surface area contributed by atoms with E-state index < -0.39 is 0 Å². The monoisotopic (exact) mass is 210 g/mol. The molecule has 1 aliphatic heterocycles. The summed E-state index contributed by atoms with van der Waals surface area (Å²) in [6.07, 6.45) is 10.2. The second-order valence-corrected chi connectivity index (χ2v) is 5.59. The van der Waals surface area contributed by atoms with Gasteiger partial charge in [0.15, 0.2) is 0 Å². The molecule has 2 rings (SSSR count). The molecule has 88 valence electrons. The minimum absolute atomic E-state index is 0.850. The highest BCUT2D eigenvalue weighted by atomic mass is 15.2. The van der Waals surface area contributed by atoms with E-state index in [0.717, 1.165) is 12.1 Å². The average Bonchev–Trinajstić information content (AvgIpc) is 2.66. The Labute approximate surface area is 94.6 Å². The molecule has 0 aromatic heterocycles. The van der Waals surface area contributed by atoms with Crippen LogP contribution in [0.4, 0.5) is 0 Å². The molecule has 2 aliphatic rings. The second kappa shape index (κ2) is 5.31. The van der Waals surface area contributed by atoms with Crippen molar-refractivity contribution < 1.29 is 0 Å². The van der Waals surface area contributed by atoms with Crippen LogP contribution in [-0.2, 0) is 0 Å². The first-order chi connectivity index (χ1) is 7.27. The van der Waals surface area contributed by atoms with E-state index in [1.165, 1.54) is 58.0 Å². The molecule has 0 bridgehead atoms. The summed E-state index contributed by atoms with van der Waals surface area (Å²) in [5.41, 5.74) is 0. The van der Waals surface area contributed by atoms with E-state index in [4.69, 9.17) is 0 Å². The molecule has 0 N–H and O–H groups in total. The summed E-state index contributed by atoms with van der Waals surface area (Å²) in [4.78, 5) is 5.17. The Kier molecular flexibility index (Phi) is 4.04. The maximum Gasteiger partial charge on any atom is 0.0226 e. The molecule has 1 saturated carbocycles. The highest BCUT2D eigenvalue weighted by Gasteiger charge is 2.31. The van der Waals surface area contributed by atoms with E-state index in [-0.39, 0.29) is 0 Å². The van der Waals surface area contributed by atoms with Gasteiger partial charge in [-0.25, -0.2) is 0 Å². The molecule has 15 heavy (non-hydrogen) atoms. The maximum absolute atomic E-state index is 2.82. The fraction of sp³-hybridized carbons (Fsp3) is 1.00. The van der Waals surface area contributed by atoms with Gasteiger partial charge in [0.2, 0.25) is 0 Å². The topological polar surface area (TPSA) is 6.48 Å². The third kappa shape index (κ3) is 2.94. The van der Waals surface area contributed by atoms with E-state index >= 15 is 0 Å². The Morgan fingerprint density at radius 3 is 2.40 bits per heavy atom. The first kappa shape index (κ1) is 11.4. The van der Waals surface area contributed by atoms with E-state index in [9.17, 15) is 0 Å². The van der Waals surface area contributed by atoms with Crippen LogP contribution in [-0.4, -0.2) is 49.1 Å². The molecule has 2 heteroatoms. The van der Waals surface area contributed by atoms with Gasteiger partial charge in [-0.15, -0.1) is 0 Å². The van der Waals surface area contributed by atoms with E-state index in [0.29, 0.717) is 0 Å². The van der Waals surface area contributed by atoms with Gasteiger partial charge >= 0.3 is 0 Å². The molecule has 1 heterocycles. The molecule has 0 spiro atoms. The van der Waals surface area contributed by atoms with E-state index in [1.54, 1.807) is 0 Å². The number of nitrogens with zero attached hydrogens (tertiary/aromatic N) is 2. The van der Waals surface area contributed by atoms with Crippen molar-refractivity contribution in [2.45, 2.75) is 57.0 Å². The third-order valence-electron chi connectivity index (χ3n) is 4.04. The van der Waals surface area contributed by atoms with Gasteiger partial charge in [-0.05, 0) is 46.3 Å². The van der Waals surface area contributed by atoms with Crippen LogP contribution in [0.1, 0.15) is 44.9 Å². The molecule has 0 unspecified atom stereocenters. The summed E-state index contributed by atoms with van der Waals surface area (Å²) in [6, 6.07) is 1.77. The van der Waals surface area contributed by atoms with Crippen molar-refractivity contribution in [1.82, 2.24) is 9.80 Å². The SMILES string of the molecule is CN(C)C[C@@H]1CCCN1C1CCCCC1. The summed E-state index contributed by atoms with van der Waals surface area (Å²) in [5, 5.41) is 0. The Bertz CT molecular complexity index is 185. The molecule has 0 amide bonds. The first-order valence-electron chi connectivity index (χ1n) is 6.68. The van der Waals surface area contributed by atoms with Gasteiger partial charge in [-0.3, -0.25) is 4.90 Å². The van der Waals surface area contributed by atoms with Gasteiger partial charge in [0.1, 0.15) is 0 Å². The molecular formula is C13H26N2. The molecule has 0 radical (unpaired) electrons. The van der Waals surface area contributed by atoms with Gasteiger partial charge in [0.25, 0.3) is 0 Å². The lowest BCUT2D eigenvalue weighted by molar-refractivity contribution is 0.123. The van der Waals surface area contributed by atoms with Crippen LogP contribution in [0.5, 0.6) is 0 Å². The van der Waals surface area contributed by atoms with Crippen molar-refractivity contribution in [2.75, 3.05) is 27.2 Å². The maximum atomic E-state index is 2.82. The lowest BCUT2D eigenvalue weighted by Crippen LogP contribution is -2.44. The number of likely N-dealkylation sites (N-methyl/N-ethyl adjacent to an activating group) is 1. The van der Waals surface area contributed by atoms with Crippen molar-refractivity contribution in [3.05, 3.63) is 0 Å². The Morgan fingerprint density at radius 2 is 1.73 bits per heavy atom. The van der Waals surface area contributed by atoms with Crippen LogP contribution < -0.4 is 0 Å². The van der Waals surface area contributed by atoms with Crippen LogP contribution in [0.2, 0.25) is 0 Å². The smallest absolute Gasteiger partial charge is 0.0226 e. The lowest BCUT2D eigenvalue weighted by atomic mass is 9.93. The summed E-state index contributed by atoms with van der Waals surface area (Å²) in [5.74, 6) is 0. The van der Waals surface area contributed by atoms with Gasteiger partial charge in [-0.1, -0.05) is 19.3 Å². The molecule has 2 fully saturated rings. The minimum atomic E-state index is 0.850. The van der Waals surface area contributed by atoms with Gasteiger partial charge < -0.3 is 4.90 Å². The molecular weight excluding hydrogens is 184 g/mol. The highest BCUT2D eigenvalue weighted by molar-refractivity contribution is 4.87. The lowest BCUT2D eigenvalue weighted by Gasteiger charge is -2.36. The summed E-state index contributed by atoms with van der Waals surface area (Å²) >= 11 is 0. The van der Waals surface area contributed by atoms with Crippen LogP contribution in [0, 0.1) is 0 Å². The van der Waals surface area contributed by atoms with Gasteiger partial charge in [0.05, 0.1) is 0 Å². The fourth-order valence-electron chi connectivity index (χ4n) is 3.37. The average molecular weight is 210 g/mol. The zero-order valence-electron chi connectivity index (χ0n) is 10.4. The van der Waals surface area contributed by atoms with Crippen LogP contribution >= 0.6 is 0 Å². The normalized spacial score (nSPS) is 30.2. The molecule has 1 atom stereocenters. The van der Waals surface area contributed by atoms with Crippen LogP contribution in [0.3, 0.4) is 0 Å². The molecule has 1 saturated heterocycles. The van der Waals surface area contributed by atoms with Crippen molar-refractivity contribution in [3.8, 4) is 0 Å². The van der Waals surface area contributed by atoms with Crippen molar-refractivity contribution in [2.24, 2.45) is 0 Å². The van der Waals surface area contributed by atoms with Crippen molar-refractivity contribution in [1.29, 1.82) is 0 Å². The van der Waals surface area contributed by atoms with E-state index in [2.05, 4.69) is 23.9 Å². The molecule has 0 aromatic rings. The zero-order valence-corrected chi connectivity index (χ0v) is 10.4. The number of rotatable bonds is 3. The van der Waals surface area contributed by atoms with Gasteiger partial charge in [-0.2, -0.15) is 0 Å². The number of hydrogen-bond donors (Lipinski definition) is 0. The second-order valence-electron chi connectivity index (χ2n) is 5.59. The third-order valence-corrected chi connectivity index (χ3v) is 4.04. The summed E-state index contributed by atoms with van der Waals surface area (Å²) < 4.78 is 0. The number of hydrogen-bond acceptors (Lipinski definition) is 2. The predicted octanol–water partition coefficient (Wildman–Crippen LogP) is 2.35. The minimum Gasteiger partial charge on any atom is -0.308 e. The number of likely N-dealkylation sites (tertiary alicyclic amines) is 1. The molecule has 2 nitrogen and oxygen atoms in total. The molecule has 0 aromatic carbocycles. The highest BCUT2D eigenvalue weighted by Crippen LogP contribution is 2.29. The quantitative estimate of drug-likeness (QED) is 0.705. The standard InChI is InChI=1S/C13H26N2/c1-14(2)11-13-9-6-10-15(13)12-7-4-3-5-8-12/h12-13H,3-11H2,1-2H3/t13-/m0/s1. The largest absolute Gasteiger partial charge is 0.308 e. The Hall–Kier alpha value is -0.0800. The van der Waals surface area contributed by atoms with Crippen LogP contribution in [0.15, 0.2) is 0 Å². The van der Waals surface area contributed by atoms with Crippen LogP contribution in [0.25, 0.3) is 0 Å². The van der Waals surface area contributed by atoms with Crippen molar-refractivity contribution >= 4 is 0 Å². The predicted molar refractivity (Wildman–Crippen MR) is 65.2 cm³/mol. The summed E-state index contributed by atoms with van der Waals surface area (Å²) in [7, 11) is 4.41. The molecule has 1 aliphatic carbocycles. The first-order valence-corrected chi connectivity index (χ1v) is 6.68. The van der Waals surface area contributed by atoms with Gasteiger partial charge in [0, 0.05) is 18.6 Å². The Balaban J connectivity index is 1.88. The van der Waals surface area contributed by atoms with E-state index in [1.807, 2.05) is 0 Å². The fourth-order valence-corrected chi connectivity index (χ4v) is 3.37.